The van der Waals surface area contributed by atoms with Crippen molar-refractivity contribution in [3.8, 4) is 17.2 Å². The Morgan fingerprint density at radius 1 is 1.12 bits per heavy atom. The summed E-state index contributed by atoms with van der Waals surface area (Å²) < 4.78 is 21.8. The predicted molar refractivity (Wildman–Crippen MR) is 69.5 cm³/mol. The highest BCUT2D eigenvalue weighted by Crippen LogP contribution is 2.41. The van der Waals surface area contributed by atoms with Gasteiger partial charge in [0.2, 0.25) is 0 Å². The van der Waals surface area contributed by atoms with Gasteiger partial charge >= 0.3 is 0 Å². The van der Waals surface area contributed by atoms with Crippen LogP contribution in [0.5, 0.6) is 17.2 Å². The van der Waals surface area contributed by atoms with Gasteiger partial charge in [-0.1, -0.05) is 0 Å². The lowest BCUT2D eigenvalue weighted by Crippen LogP contribution is -2.03. The van der Waals surface area contributed by atoms with E-state index >= 15 is 0 Å². The molecule has 16 heavy (non-hydrogen) atoms. The Labute approximate surface area is 109 Å². The third kappa shape index (κ3) is 2.70. The molecule has 1 aromatic rings. The molecule has 0 aliphatic rings. The van der Waals surface area contributed by atoms with Gasteiger partial charge < -0.3 is 18.9 Å². The summed E-state index contributed by atoms with van der Waals surface area (Å²) in [7, 11) is 4.82. The van der Waals surface area contributed by atoms with Gasteiger partial charge in [0.15, 0.2) is 18.3 Å². The van der Waals surface area contributed by atoms with Crippen molar-refractivity contribution in [3.05, 3.63) is 15.2 Å². The first-order chi connectivity index (χ1) is 7.65. The van der Waals surface area contributed by atoms with Gasteiger partial charge in [0.1, 0.15) is 9.32 Å². The number of hydrogen-bond donors (Lipinski definition) is 0. The van der Waals surface area contributed by atoms with Crippen molar-refractivity contribution in [2.45, 2.75) is 6.92 Å². The highest BCUT2D eigenvalue weighted by Gasteiger charge is 2.16. The van der Waals surface area contributed by atoms with Crippen LogP contribution in [-0.4, -0.2) is 28.1 Å². The molecule has 90 valence electrons. The topological polar surface area (TPSA) is 36.9 Å². The van der Waals surface area contributed by atoms with E-state index in [0.29, 0.717) is 5.75 Å². The van der Waals surface area contributed by atoms with Crippen molar-refractivity contribution in [2.24, 2.45) is 0 Å². The summed E-state index contributed by atoms with van der Waals surface area (Å²) in [6, 6.07) is 1.90. The SMILES string of the molecule is COCOc1cc(C)c(OC)c(OC)c1I. The average molecular weight is 338 g/mol. The van der Waals surface area contributed by atoms with Gasteiger partial charge in [-0.05, 0) is 41.1 Å². The zero-order valence-corrected chi connectivity index (χ0v) is 12.0. The minimum Gasteiger partial charge on any atom is -0.493 e. The largest absolute Gasteiger partial charge is 0.493 e. The van der Waals surface area contributed by atoms with Crippen molar-refractivity contribution in [1.82, 2.24) is 0 Å². The summed E-state index contributed by atoms with van der Waals surface area (Å²) in [5.41, 5.74) is 0.964. The Bertz CT molecular complexity index is 365. The summed E-state index contributed by atoms with van der Waals surface area (Å²) in [5.74, 6) is 2.16. The van der Waals surface area contributed by atoms with Gasteiger partial charge in [0.25, 0.3) is 0 Å². The number of ether oxygens (including phenoxy) is 4. The number of benzene rings is 1. The van der Waals surface area contributed by atoms with Crippen LogP contribution in [0.3, 0.4) is 0 Å². The maximum Gasteiger partial charge on any atom is 0.188 e. The maximum absolute atomic E-state index is 5.44. The van der Waals surface area contributed by atoms with Crippen LogP contribution in [-0.2, 0) is 4.74 Å². The molecule has 0 atom stereocenters. The van der Waals surface area contributed by atoms with E-state index in [1.54, 1.807) is 21.3 Å². The minimum absolute atomic E-state index is 0.213. The van der Waals surface area contributed by atoms with Crippen molar-refractivity contribution < 1.29 is 18.9 Å². The Hall–Kier alpha value is -0.690. The third-order valence-electron chi connectivity index (χ3n) is 2.07. The van der Waals surface area contributed by atoms with E-state index in [2.05, 4.69) is 22.6 Å². The predicted octanol–water partition coefficient (Wildman–Crippen LogP) is 2.60. The lowest BCUT2D eigenvalue weighted by Gasteiger charge is -2.15. The average Bonchev–Trinajstić information content (AvgIpc) is 2.29. The van der Waals surface area contributed by atoms with Gasteiger partial charge in [0, 0.05) is 7.11 Å². The first-order valence-corrected chi connectivity index (χ1v) is 5.76. The molecule has 0 radical (unpaired) electrons. The third-order valence-corrected chi connectivity index (χ3v) is 3.09. The van der Waals surface area contributed by atoms with Crippen molar-refractivity contribution in [3.63, 3.8) is 0 Å². The van der Waals surface area contributed by atoms with Crippen LogP contribution in [0, 0.1) is 10.5 Å². The molecule has 0 saturated carbocycles. The smallest absolute Gasteiger partial charge is 0.188 e. The summed E-state index contributed by atoms with van der Waals surface area (Å²) in [4.78, 5) is 0. The van der Waals surface area contributed by atoms with Crippen LogP contribution in [0.15, 0.2) is 6.07 Å². The second-order valence-electron chi connectivity index (χ2n) is 3.12. The molecule has 0 bridgehead atoms. The number of rotatable bonds is 5. The van der Waals surface area contributed by atoms with Crippen molar-refractivity contribution >= 4 is 22.6 Å². The second kappa shape index (κ2) is 6.15. The molecule has 0 N–H and O–H groups in total. The number of aryl methyl sites for hydroxylation is 1. The Morgan fingerprint density at radius 3 is 2.25 bits per heavy atom. The molecule has 0 spiro atoms. The van der Waals surface area contributed by atoms with Gasteiger partial charge in [-0.25, -0.2) is 0 Å². The molecule has 0 aromatic heterocycles. The highest BCUT2D eigenvalue weighted by molar-refractivity contribution is 14.1. The monoisotopic (exact) mass is 338 g/mol. The fraction of sp³-hybridized carbons (Fsp3) is 0.455. The fourth-order valence-corrected chi connectivity index (χ4v) is 2.16. The van der Waals surface area contributed by atoms with Crippen LogP contribution in [0.4, 0.5) is 0 Å². The van der Waals surface area contributed by atoms with Crippen LogP contribution >= 0.6 is 22.6 Å². The molecular weight excluding hydrogens is 323 g/mol. The molecule has 5 heteroatoms. The summed E-state index contributed by atoms with van der Waals surface area (Å²) in [6.45, 7) is 2.15. The summed E-state index contributed by atoms with van der Waals surface area (Å²) >= 11 is 2.16. The van der Waals surface area contributed by atoms with E-state index in [-0.39, 0.29) is 6.79 Å². The van der Waals surface area contributed by atoms with E-state index in [0.717, 1.165) is 20.6 Å². The van der Waals surface area contributed by atoms with E-state index in [1.165, 1.54) is 0 Å². The van der Waals surface area contributed by atoms with Gasteiger partial charge in [0.05, 0.1) is 14.2 Å². The van der Waals surface area contributed by atoms with E-state index in [9.17, 15) is 0 Å². The minimum atomic E-state index is 0.213. The molecule has 0 aliphatic carbocycles. The maximum atomic E-state index is 5.44. The highest BCUT2D eigenvalue weighted by atomic mass is 127. The molecule has 4 nitrogen and oxygen atoms in total. The van der Waals surface area contributed by atoms with Crippen LogP contribution < -0.4 is 14.2 Å². The Kier molecular flexibility index (Phi) is 5.14. The van der Waals surface area contributed by atoms with Crippen LogP contribution in [0.1, 0.15) is 5.56 Å². The molecule has 0 amide bonds. The van der Waals surface area contributed by atoms with Gasteiger partial charge in [-0.2, -0.15) is 0 Å². The second-order valence-corrected chi connectivity index (χ2v) is 4.20. The molecule has 0 fully saturated rings. The van der Waals surface area contributed by atoms with E-state index in [4.69, 9.17) is 18.9 Å². The fourth-order valence-electron chi connectivity index (χ4n) is 1.38. The first kappa shape index (κ1) is 13.4. The molecule has 0 unspecified atom stereocenters. The first-order valence-electron chi connectivity index (χ1n) is 4.68. The van der Waals surface area contributed by atoms with E-state index in [1.807, 2.05) is 13.0 Å². The van der Waals surface area contributed by atoms with Crippen molar-refractivity contribution in [2.75, 3.05) is 28.1 Å². The molecule has 0 saturated heterocycles. The lowest BCUT2D eigenvalue weighted by atomic mass is 10.2. The van der Waals surface area contributed by atoms with Crippen LogP contribution in [0.2, 0.25) is 0 Å². The lowest BCUT2D eigenvalue weighted by molar-refractivity contribution is 0.0502. The number of hydrogen-bond acceptors (Lipinski definition) is 4. The standard InChI is InChI=1S/C11H15IO4/c1-7-5-8(16-6-13-2)9(12)11(15-4)10(7)14-3/h5H,6H2,1-4H3. The van der Waals surface area contributed by atoms with E-state index < -0.39 is 0 Å². The number of halogens is 1. The van der Waals surface area contributed by atoms with Crippen LogP contribution in [0.25, 0.3) is 0 Å². The summed E-state index contributed by atoms with van der Waals surface area (Å²) in [6.07, 6.45) is 0. The zero-order chi connectivity index (χ0) is 12.1. The summed E-state index contributed by atoms with van der Waals surface area (Å²) in [5, 5.41) is 0. The van der Waals surface area contributed by atoms with Gasteiger partial charge in [-0.3, -0.25) is 0 Å². The van der Waals surface area contributed by atoms with Crippen molar-refractivity contribution in [1.29, 1.82) is 0 Å². The Morgan fingerprint density at radius 2 is 1.75 bits per heavy atom. The molecule has 0 heterocycles. The molecular formula is C11H15IO4. The quantitative estimate of drug-likeness (QED) is 0.611. The molecule has 0 aliphatic heterocycles. The number of methoxy groups -OCH3 is 3. The zero-order valence-electron chi connectivity index (χ0n) is 9.80. The Balaban J connectivity index is 3.17. The molecule has 1 aromatic carbocycles. The normalized spacial score (nSPS) is 10.1. The van der Waals surface area contributed by atoms with Gasteiger partial charge in [-0.15, -0.1) is 0 Å². The molecule has 1 rings (SSSR count).